The normalized spacial score (nSPS) is 12.3. The average molecular weight is 302 g/mol. The van der Waals surface area contributed by atoms with Gasteiger partial charge in [-0.15, -0.1) is 0 Å². The molecule has 112 valence electrons. The number of hydrogen-bond donors (Lipinski definition) is 0. The van der Waals surface area contributed by atoms with E-state index in [1.807, 2.05) is 42.5 Å². The van der Waals surface area contributed by atoms with Crippen molar-refractivity contribution >= 4 is 9.84 Å². The smallest absolute Gasteiger partial charge is 0.182 e. The second-order valence-corrected chi connectivity index (χ2v) is 8.62. The van der Waals surface area contributed by atoms with Gasteiger partial charge in [0, 0.05) is 0 Å². The van der Waals surface area contributed by atoms with Gasteiger partial charge in [0.2, 0.25) is 0 Å². The molecule has 3 heteroatoms. The van der Waals surface area contributed by atoms with E-state index in [9.17, 15) is 8.42 Å². The van der Waals surface area contributed by atoms with Crippen LogP contribution in [0.15, 0.2) is 59.5 Å². The molecule has 0 saturated carbocycles. The van der Waals surface area contributed by atoms with Crippen molar-refractivity contribution in [1.82, 2.24) is 0 Å². The largest absolute Gasteiger partial charge is 0.223 e. The molecule has 0 radical (unpaired) electrons. The van der Waals surface area contributed by atoms with Crippen LogP contribution in [-0.4, -0.2) is 8.42 Å². The Kier molecular flexibility index (Phi) is 4.52. The molecule has 0 unspecified atom stereocenters. The molecule has 0 N–H and O–H groups in total. The third-order valence-electron chi connectivity index (χ3n) is 3.22. The van der Waals surface area contributed by atoms with Crippen LogP contribution >= 0.6 is 0 Å². The van der Waals surface area contributed by atoms with Crippen molar-refractivity contribution < 1.29 is 8.42 Å². The fourth-order valence-electron chi connectivity index (χ4n) is 2.30. The molecule has 0 heterocycles. The number of hydrogen-bond acceptors (Lipinski definition) is 2. The average Bonchev–Trinajstić information content (AvgIpc) is 2.38. The summed E-state index contributed by atoms with van der Waals surface area (Å²) in [6, 6.07) is 16.6. The van der Waals surface area contributed by atoms with Crippen molar-refractivity contribution in [3.8, 4) is 0 Å². The van der Waals surface area contributed by atoms with E-state index < -0.39 is 9.84 Å². The zero-order valence-electron chi connectivity index (χ0n) is 12.8. The molecular weight excluding hydrogens is 280 g/mol. The minimum absolute atomic E-state index is 0.0481. The Morgan fingerprint density at radius 2 is 1.38 bits per heavy atom. The third kappa shape index (κ3) is 4.71. The second kappa shape index (κ2) is 6.02. The molecule has 2 nitrogen and oxygen atoms in total. The zero-order chi connectivity index (χ0) is 15.5. The van der Waals surface area contributed by atoms with Crippen LogP contribution in [0.3, 0.4) is 0 Å². The molecule has 0 bridgehead atoms. The molecule has 2 aromatic carbocycles. The van der Waals surface area contributed by atoms with Gasteiger partial charge in [-0.1, -0.05) is 63.2 Å². The van der Waals surface area contributed by atoms with Gasteiger partial charge >= 0.3 is 0 Å². The molecule has 0 aromatic heterocycles. The summed E-state index contributed by atoms with van der Waals surface area (Å²) in [4.78, 5) is 0.393. The molecule has 0 aliphatic carbocycles. The maximum Gasteiger partial charge on any atom is 0.182 e. The highest BCUT2D eigenvalue weighted by atomic mass is 32.2. The molecular formula is C18H22O2S. The Bertz CT molecular complexity index is 678. The first-order valence-corrected chi connectivity index (χ1v) is 8.77. The van der Waals surface area contributed by atoms with Crippen LogP contribution in [0.2, 0.25) is 0 Å². The van der Waals surface area contributed by atoms with Gasteiger partial charge in [-0.25, -0.2) is 8.42 Å². The van der Waals surface area contributed by atoms with Gasteiger partial charge in [-0.3, -0.25) is 0 Å². The Labute approximate surface area is 127 Å². The SMILES string of the molecule is CC(C)(C)Cc1ccc(S(=O)(=O)Cc2ccccc2)cc1. The van der Waals surface area contributed by atoms with Crippen molar-refractivity contribution in [3.63, 3.8) is 0 Å². The molecule has 0 spiro atoms. The van der Waals surface area contributed by atoms with Gasteiger partial charge in [0.15, 0.2) is 9.84 Å². The highest BCUT2D eigenvalue weighted by Gasteiger charge is 2.16. The minimum atomic E-state index is -3.27. The third-order valence-corrected chi connectivity index (χ3v) is 4.92. The van der Waals surface area contributed by atoms with E-state index in [-0.39, 0.29) is 11.2 Å². The summed E-state index contributed by atoms with van der Waals surface area (Å²) in [5.41, 5.74) is 2.18. The van der Waals surface area contributed by atoms with Gasteiger partial charge in [-0.05, 0) is 35.1 Å². The van der Waals surface area contributed by atoms with Crippen molar-refractivity contribution in [2.75, 3.05) is 0 Å². The van der Waals surface area contributed by atoms with Crippen molar-refractivity contribution in [3.05, 3.63) is 65.7 Å². The van der Waals surface area contributed by atoms with Crippen LogP contribution in [0.25, 0.3) is 0 Å². The quantitative estimate of drug-likeness (QED) is 0.846. The zero-order valence-corrected chi connectivity index (χ0v) is 13.7. The molecule has 0 aliphatic heterocycles. The van der Waals surface area contributed by atoms with Crippen molar-refractivity contribution in [1.29, 1.82) is 0 Å². The first-order valence-electron chi connectivity index (χ1n) is 7.12. The lowest BCUT2D eigenvalue weighted by Gasteiger charge is -2.18. The predicted octanol–water partition coefficient (Wildman–Crippen LogP) is 4.25. The second-order valence-electron chi connectivity index (χ2n) is 6.63. The fourth-order valence-corrected chi connectivity index (χ4v) is 3.65. The van der Waals surface area contributed by atoms with Gasteiger partial charge in [0.25, 0.3) is 0 Å². The van der Waals surface area contributed by atoms with Crippen molar-refractivity contribution in [2.45, 2.75) is 37.8 Å². The summed E-state index contributed by atoms with van der Waals surface area (Å²) in [5.74, 6) is 0.0481. The maximum atomic E-state index is 12.4. The predicted molar refractivity (Wildman–Crippen MR) is 86.9 cm³/mol. The molecule has 0 atom stereocenters. The highest BCUT2D eigenvalue weighted by molar-refractivity contribution is 7.90. The summed E-state index contributed by atoms with van der Waals surface area (Å²) >= 11 is 0. The van der Waals surface area contributed by atoms with Crippen LogP contribution in [0.1, 0.15) is 31.9 Å². The molecule has 2 aromatic rings. The lowest BCUT2D eigenvalue weighted by atomic mass is 9.88. The number of benzene rings is 2. The minimum Gasteiger partial charge on any atom is -0.223 e. The van der Waals surface area contributed by atoms with Gasteiger partial charge in [-0.2, -0.15) is 0 Å². The van der Waals surface area contributed by atoms with E-state index >= 15 is 0 Å². The number of rotatable bonds is 4. The van der Waals surface area contributed by atoms with Crippen LogP contribution < -0.4 is 0 Å². The van der Waals surface area contributed by atoms with E-state index in [0.29, 0.717) is 4.90 Å². The summed E-state index contributed by atoms with van der Waals surface area (Å²) < 4.78 is 24.8. The molecule has 0 aliphatic rings. The Hall–Kier alpha value is -1.61. The van der Waals surface area contributed by atoms with Crippen molar-refractivity contribution in [2.24, 2.45) is 5.41 Å². The lowest BCUT2D eigenvalue weighted by molar-refractivity contribution is 0.411. The summed E-state index contributed by atoms with van der Waals surface area (Å²) in [7, 11) is -3.27. The van der Waals surface area contributed by atoms with E-state index in [0.717, 1.165) is 12.0 Å². The maximum absolute atomic E-state index is 12.4. The molecule has 0 saturated heterocycles. The van der Waals surface area contributed by atoms with Crippen LogP contribution in [0.5, 0.6) is 0 Å². The monoisotopic (exact) mass is 302 g/mol. The molecule has 21 heavy (non-hydrogen) atoms. The first-order chi connectivity index (χ1) is 9.76. The molecule has 2 rings (SSSR count). The van der Waals surface area contributed by atoms with Gasteiger partial charge < -0.3 is 0 Å². The Balaban J connectivity index is 2.18. The van der Waals surface area contributed by atoms with Crippen LogP contribution in [0.4, 0.5) is 0 Å². The summed E-state index contributed by atoms with van der Waals surface area (Å²) in [5, 5.41) is 0. The van der Waals surface area contributed by atoms with Crippen LogP contribution in [-0.2, 0) is 22.0 Å². The number of sulfone groups is 1. The Morgan fingerprint density at radius 3 is 1.90 bits per heavy atom. The molecule has 0 fully saturated rings. The van der Waals surface area contributed by atoms with E-state index in [1.165, 1.54) is 5.56 Å². The summed E-state index contributed by atoms with van der Waals surface area (Å²) in [6.45, 7) is 6.52. The van der Waals surface area contributed by atoms with E-state index in [4.69, 9.17) is 0 Å². The van der Waals surface area contributed by atoms with Crippen LogP contribution in [0, 0.1) is 5.41 Å². The van der Waals surface area contributed by atoms with E-state index in [1.54, 1.807) is 12.1 Å². The highest BCUT2D eigenvalue weighted by Crippen LogP contribution is 2.22. The van der Waals surface area contributed by atoms with Gasteiger partial charge in [0.1, 0.15) is 0 Å². The van der Waals surface area contributed by atoms with Gasteiger partial charge in [0.05, 0.1) is 10.6 Å². The summed E-state index contributed by atoms with van der Waals surface area (Å²) in [6.07, 6.45) is 0.937. The fraction of sp³-hybridized carbons (Fsp3) is 0.333. The first kappa shape index (κ1) is 15.8. The van der Waals surface area contributed by atoms with E-state index in [2.05, 4.69) is 20.8 Å². The topological polar surface area (TPSA) is 34.1 Å². The Morgan fingerprint density at radius 1 is 0.810 bits per heavy atom. The standard InChI is InChI=1S/C18H22O2S/c1-18(2,3)13-15-9-11-17(12-10-15)21(19,20)14-16-7-5-4-6-8-16/h4-12H,13-14H2,1-3H3. The molecule has 0 amide bonds. The lowest BCUT2D eigenvalue weighted by Crippen LogP contribution is -2.09.